The first-order chi connectivity index (χ1) is 13.2. The molecule has 0 radical (unpaired) electrons. The number of hydrogen-bond donors (Lipinski definition) is 1. The molecule has 0 aliphatic carbocycles. The normalized spacial score (nSPS) is 16.4. The van der Waals surface area contributed by atoms with Gasteiger partial charge in [-0.15, -0.1) is 0 Å². The van der Waals surface area contributed by atoms with Gasteiger partial charge in [-0.05, 0) is 37.1 Å². The lowest BCUT2D eigenvalue weighted by atomic mass is 10.0. The standard InChI is InChI=1S/C20H19N5O2/c21-19-16(13-23-25(19)15-5-2-1-3-6-15)18(26)17-7-4-12-24(17)20(27)14-8-10-22-11-9-14/h1-3,5-6,8-11,13,17H,4,7,12,21H2. The van der Waals surface area contributed by atoms with Crippen molar-refractivity contribution in [1.82, 2.24) is 19.7 Å². The van der Waals surface area contributed by atoms with Crippen LogP contribution in [0, 0.1) is 0 Å². The van der Waals surface area contributed by atoms with E-state index in [1.54, 1.807) is 29.4 Å². The Morgan fingerprint density at radius 1 is 1.07 bits per heavy atom. The van der Waals surface area contributed by atoms with Crippen LogP contribution in [-0.4, -0.2) is 43.9 Å². The van der Waals surface area contributed by atoms with Crippen LogP contribution >= 0.6 is 0 Å². The fourth-order valence-corrected chi connectivity index (χ4v) is 3.44. The number of carbonyl (C=O) groups excluding carboxylic acids is 2. The third-order valence-corrected chi connectivity index (χ3v) is 4.82. The lowest BCUT2D eigenvalue weighted by Gasteiger charge is -2.23. The van der Waals surface area contributed by atoms with Crippen LogP contribution in [0.5, 0.6) is 0 Å². The van der Waals surface area contributed by atoms with Gasteiger partial charge >= 0.3 is 0 Å². The molecule has 1 amide bonds. The van der Waals surface area contributed by atoms with Crippen molar-refractivity contribution < 1.29 is 9.59 Å². The lowest BCUT2D eigenvalue weighted by molar-refractivity contribution is 0.0671. The zero-order valence-electron chi connectivity index (χ0n) is 14.7. The van der Waals surface area contributed by atoms with Crippen LogP contribution in [-0.2, 0) is 0 Å². The SMILES string of the molecule is Nc1c(C(=O)C2CCCN2C(=O)c2ccncc2)cnn1-c1ccccc1. The van der Waals surface area contributed by atoms with Crippen LogP contribution in [0.4, 0.5) is 5.82 Å². The zero-order valence-corrected chi connectivity index (χ0v) is 14.7. The van der Waals surface area contributed by atoms with E-state index in [1.807, 2.05) is 30.3 Å². The predicted octanol–water partition coefficient (Wildman–Crippen LogP) is 2.34. The van der Waals surface area contributed by atoms with Gasteiger partial charge in [0.25, 0.3) is 5.91 Å². The van der Waals surface area contributed by atoms with Crippen LogP contribution in [0.3, 0.4) is 0 Å². The monoisotopic (exact) mass is 361 g/mol. The molecule has 2 aromatic heterocycles. The molecule has 1 aromatic carbocycles. The maximum absolute atomic E-state index is 13.1. The molecule has 1 aliphatic rings. The van der Waals surface area contributed by atoms with Crippen molar-refractivity contribution in [3.05, 3.63) is 72.2 Å². The Balaban J connectivity index is 1.61. The summed E-state index contributed by atoms with van der Waals surface area (Å²) in [6.07, 6.45) is 6.02. The van der Waals surface area contributed by atoms with Crippen LogP contribution in [0.25, 0.3) is 5.69 Å². The van der Waals surface area contributed by atoms with E-state index < -0.39 is 6.04 Å². The van der Waals surface area contributed by atoms with Gasteiger partial charge < -0.3 is 10.6 Å². The number of rotatable bonds is 4. The number of anilines is 1. The van der Waals surface area contributed by atoms with Crippen LogP contribution < -0.4 is 5.73 Å². The van der Waals surface area contributed by atoms with E-state index in [4.69, 9.17) is 5.73 Å². The summed E-state index contributed by atoms with van der Waals surface area (Å²) in [4.78, 5) is 31.5. The summed E-state index contributed by atoms with van der Waals surface area (Å²) in [7, 11) is 0. The molecule has 0 saturated carbocycles. The molecule has 1 saturated heterocycles. The van der Waals surface area contributed by atoms with Crippen molar-refractivity contribution in [3.63, 3.8) is 0 Å². The van der Waals surface area contributed by atoms with Gasteiger partial charge in [-0.2, -0.15) is 5.10 Å². The molecule has 1 aliphatic heterocycles. The van der Waals surface area contributed by atoms with Crippen molar-refractivity contribution >= 4 is 17.5 Å². The number of nitrogens with zero attached hydrogens (tertiary/aromatic N) is 4. The van der Waals surface area contributed by atoms with E-state index in [2.05, 4.69) is 10.1 Å². The highest BCUT2D eigenvalue weighted by Crippen LogP contribution is 2.26. The van der Waals surface area contributed by atoms with E-state index in [1.165, 1.54) is 10.9 Å². The Hall–Kier alpha value is -3.48. The van der Waals surface area contributed by atoms with Gasteiger partial charge in [-0.1, -0.05) is 18.2 Å². The number of carbonyl (C=O) groups is 2. The number of ketones is 1. The highest BCUT2D eigenvalue weighted by Gasteiger charge is 2.36. The molecule has 0 spiro atoms. The fraction of sp³-hybridized carbons (Fsp3) is 0.200. The molecule has 2 N–H and O–H groups in total. The number of pyridine rings is 1. The summed E-state index contributed by atoms with van der Waals surface area (Å²) in [6, 6.07) is 12.2. The minimum absolute atomic E-state index is 0.165. The molecule has 3 aromatic rings. The lowest BCUT2D eigenvalue weighted by Crippen LogP contribution is -2.40. The van der Waals surface area contributed by atoms with Gasteiger partial charge in [0, 0.05) is 24.5 Å². The maximum Gasteiger partial charge on any atom is 0.254 e. The van der Waals surface area contributed by atoms with Crippen LogP contribution in [0.2, 0.25) is 0 Å². The molecule has 1 unspecified atom stereocenters. The number of amides is 1. The fourth-order valence-electron chi connectivity index (χ4n) is 3.44. The summed E-state index contributed by atoms with van der Waals surface area (Å²) in [5, 5.41) is 4.27. The molecular formula is C20H19N5O2. The molecule has 3 heterocycles. The van der Waals surface area contributed by atoms with E-state index in [-0.39, 0.29) is 17.5 Å². The topological polar surface area (TPSA) is 94.1 Å². The summed E-state index contributed by atoms with van der Waals surface area (Å²) >= 11 is 0. The predicted molar refractivity (Wildman–Crippen MR) is 101 cm³/mol. The van der Waals surface area contributed by atoms with Gasteiger partial charge in [0.15, 0.2) is 5.78 Å². The molecule has 4 rings (SSSR count). The molecule has 1 atom stereocenters. The third-order valence-electron chi connectivity index (χ3n) is 4.82. The van der Waals surface area contributed by atoms with Crippen molar-refractivity contribution in [2.45, 2.75) is 18.9 Å². The number of likely N-dealkylation sites (tertiary alicyclic amines) is 1. The van der Waals surface area contributed by atoms with E-state index in [0.717, 1.165) is 12.1 Å². The first-order valence-corrected chi connectivity index (χ1v) is 8.81. The van der Waals surface area contributed by atoms with Gasteiger partial charge in [0.1, 0.15) is 5.82 Å². The first kappa shape index (κ1) is 17.0. The Morgan fingerprint density at radius 2 is 1.81 bits per heavy atom. The van der Waals surface area contributed by atoms with Gasteiger partial charge in [-0.3, -0.25) is 14.6 Å². The average molecular weight is 361 g/mol. The second kappa shape index (κ2) is 7.03. The number of nitrogen functional groups attached to an aromatic ring is 1. The van der Waals surface area contributed by atoms with Crippen molar-refractivity contribution in [1.29, 1.82) is 0 Å². The number of Topliss-reactive ketones (excluding diaryl/α,β-unsaturated/α-hetero) is 1. The summed E-state index contributed by atoms with van der Waals surface area (Å²) in [5.74, 6) is -0.0498. The Bertz CT molecular complexity index is 969. The smallest absolute Gasteiger partial charge is 0.254 e. The largest absolute Gasteiger partial charge is 0.383 e. The molecule has 7 nitrogen and oxygen atoms in total. The summed E-state index contributed by atoms with van der Waals surface area (Å²) in [5.41, 5.74) is 7.86. The number of benzene rings is 1. The van der Waals surface area contributed by atoms with Crippen LogP contribution in [0.15, 0.2) is 61.1 Å². The summed E-state index contributed by atoms with van der Waals surface area (Å²) in [6.45, 7) is 0.546. The molecule has 7 heteroatoms. The van der Waals surface area contributed by atoms with Gasteiger partial charge in [0.2, 0.25) is 0 Å². The van der Waals surface area contributed by atoms with Crippen LogP contribution in [0.1, 0.15) is 33.6 Å². The Morgan fingerprint density at radius 3 is 2.56 bits per heavy atom. The van der Waals surface area contributed by atoms with E-state index >= 15 is 0 Å². The minimum atomic E-state index is -0.526. The molecule has 27 heavy (non-hydrogen) atoms. The van der Waals surface area contributed by atoms with Gasteiger partial charge in [-0.25, -0.2) is 4.68 Å². The Labute approximate surface area is 156 Å². The second-order valence-corrected chi connectivity index (χ2v) is 6.45. The molecular weight excluding hydrogens is 342 g/mol. The summed E-state index contributed by atoms with van der Waals surface area (Å²) < 4.78 is 1.54. The minimum Gasteiger partial charge on any atom is -0.383 e. The highest BCUT2D eigenvalue weighted by atomic mass is 16.2. The molecule has 136 valence electrons. The third kappa shape index (κ3) is 3.08. The van der Waals surface area contributed by atoms with E-state index in [0.29, 0.717) is 24.1 Å². The first-order valence-electron chi connectivity index (χ1n) is 8.81. The average Bonchev–Trinajstić information content (AvgIpc) is 3.35. The molecule has 1 fully saturated rings. The van der Waals surface area contributed by atoms with Crippen molar-refractivity contribution in [2.24, 2.45) is 0 Å². The number of nitrogens with two attached hydrogens (primary N) is 1. The number of aromatic nitrogens is 3. The highest BCUT2D eigenvalue weighted by molar-refractivity contribution is 6.07. The van der Waals surface area contributed by atoms with E-state index in [9.17, 15) is 9.59 Å². The van der Waals surface area contributed by atoms with Gasteiger partial charge in [0.05, 0.1) is 23.5 Å². The zero-order chi connectivity index (χ0) is 18.8. The Kier molecular flexibility index (Phi) is 4.42. The maximum atomic E-state index is 13.1. The van der Waals surface area contributed by atoms with Crippen molar-refractivity contribution in [3.8, 4) is 5.69 Å². The number of hydrogen-bond acceptors (Lipinski definition) is 5. The second-order valence-electron chi connectivity index (χ2n) is 6.45. The van der Waals surface area contributed by atoms with Crippen molar-refractivity contribution in [2.75, 3.05) is 12.3 Å². The quantitative estimate of drug-likeness (QED) is 0.720. The number of para-hydroxylation sites is 1. The molecule has 0 bridgehead atoms.